The Morgan fingerprint density at radius 1 is 1.61 bits per heavy atom. The number of alkyl halides is 2. The average Bonchev–Trinajstić information content (AvgIpc) is 2.77. The van der Waals surface area contributed by atoms with Gasteiger partial charge in [0.2, 0.25) is 11.8 Å². The van der Waals surface area contributed by atoms with Gasteiger partial charge in [0.05, 0.1) is 12.6 Å². The third kappa shape index (κ3) is 3.02. The lowest BCUT2D eigenvalue weighted by molar-refractivity contribution is -0.0440. The first-order chi connectivity index (χ1) is 8.52. The fourth-order valence-electron chi connectivity index (χ4n) is 2.20. The Labute approximate surface area is 104 Å². The first kappa shape index (κ1) is 13.4. The molecule has 0 saturated heterocycles. The lowest BCUT2D eigenvalue weighted by atomic mass is 9.86. The summed E-state index contributed by atoms with van der Waals surface area (Å²) in [5.74, 6) is -2.44. The maximum absolute atomic E-state index is 13.3. The molecule has 0 aliphatic heterocycles. The maximum atomic E-state index is 13.3. The van der Waals surface area contributed by atoms with E-state index < -0.39 is 12.0 Å². The molecule has 0 aromatic carbocycles. The van der Waals surface area contributed by atoms with Crippen molar-refractivity contribution in [2.45, 2.75) is 43.6 Å². The average molecular weight is 261 g/mol. The summed E-state index contributed by atoms with van der Waals surface area (Å²) in [7, 11) is 1.52. The summed E-state index contributed by atoms with van der Waals surface area (Å²) in [4.78, 5) is 4.10. The molecule has 1 aromatic heterocycles. The van der Waals surface area contributed by atoms with E-state index in [2.05, 4.69) is 10.1 Å². The number of ether oxygens (including phenoxy) is 1. The van der Waals surface area contributed by atoms with Crippen LogP contribution in [-0.4, -0.2) is 29.8 Å². The van der Waals surface area contributed by atoms with E-state index >= 15 is 0 Å². The van der Waals surface area contributed by atoms with Gasteiger partial charge in [0, 0.05) is 25.9 Å². The van der Waals surface area contributed by atoms with Crippen LogP contribution in [0.3, 0.4) is 0 Å². The van der Waals surface area contributed by atoms with Crippen molar-refractivity contribution in [3.05, 3.63) is 11.7 Å². The van der Waals surface area contributed by atoms with E-state index in [-0.39, 0.29) is 31.3 Å². The van der Waals surface area contributed by atoms with Gasteiger partial charge in [0.1, 0.15) is 0 Å². The van der Waals surface area contributed by atoms with E-state index in [4.69, 9.17) is 15.0 Å². The number of aromatic nitrogens is 2. The minimum absolute atomic E-state index is 0.0618. The number of rotatable bonds is 4. The van der Waals surface area contributed by atoms with Crippen molar-refractivity contribution in [2.75, 3.05) is 13.7 Å². The van der Waals surface area contributed by atoms with Crippen molar-refractivity contribution in [3.8, 4) is 0 Å². The first-order valence-corrected chi connectivity index (χ1v) is 5.97. The van der Waals surface area contributed by atoms with E-state index in [0.29, 0.717) is 18.7 Å². The predicted octanol–water partition coefficient (Wildman–Crippen LogP) is 2.01. The molecule has 1 heterocycles. The smallest absolute Gasteiger partial charge is 0.248 e. The lowest BCUT2D eigenvalue weighted by Crippen LogP contribution is -2.25. The molecule has 0 bridgehead atoms. The van der Waals surface area contributed by atoms with Crippen LogP contribution in [0.5, 0.6) is 0 Å². The molecule has 0 spiro atoms. The number of nitrogens with two attached hydrogens (primary N) is 1. The van der Waals surface area contributed by atoms with E-state index in [0.717, 1.165) is 0 Å². The molecule has 2 N–H and O–H groups in total. The van der Waals surface area contributed by atoms with Crippen LogP contribution >= 0.6 is 0 Å². The summed E-state index contributed by atoms with van der Waals surface area (Å²) >= 11 is 0. The summed E-state index contributed by atoms with van der Waals surface area (Å²) in [6.07, 6.45) is 0.831. The predicted molar refractivity (Wildman–Crippen MR) is 59.3 cm³/mol. The van der Waals surface area contributed by atoms with Crippen LogP contribution in [0.2, 0.25) is 0 Å². The van der Waals surface area contributed by atoms with Gasteiger partial charge in [-0.15, -0.1) is 0 Å². The molecule has 2 atom stereocenters. The zero-order valence-electron chi connectivity index (χ0n) is 10.2. The Kier molecular flexibility index (Phi) is 3.91. The number of hydrogen-bond donors (Lipinski definition) is 1. The second-order valence-electron chi connectivity index (χ2n) is 4.70. The molecule has 18 heavy (non-hydrogen) atoms. The van der Waals surface area contributed by atoms with Gasteiger partial charge < -0.3 is 15.0 Å². The van der Waals surface area contributed by atoms with Gasteiger partial charge in [-0.2, -0.15) is 4.98 Å². The molecule has 5 nitrogen and oxygen atoms in total. The standard InChI is InChI=1S/C11H17F2N3O2/c1-17-6-8(14)9-15-10(18-16-9)7-3-2-4-11(12,13)5-7/h7-8H,2-6,14H2,1H3. The molecular weight excluding hydrogens is 244 g/mol. The highest BCUT2D eigenvalue weighted by Gasteiger charge is 2.39. The summed E-state index contributed by atoms with van der Waals surface area (Å²) in [6.45, 7) is 0.264. The topological polar surface area (TPSA) is 74.2 Å². The van der Waals surface area contributed by atoms with Crippen molar-refractivity contribution < 1.29 is 18.0 Å². The summed E-state index contributed by atoms with van der Waals surface area (Å²) < 4.78 is 36.5. The zero-order chi connectivity index (χ0) is 13.2. The molecule has 0 amide bonds. The van der Waals surface area contributed by atoms with Crippen LogP contribution < -0.4 is 5.73 Å². The van der Waals surface area contributed by atoms with Crippen molar-refractivity contribution in [1.29, 1.82) is 0 Å². The summed E-state index contributed by atoms with van der Waals surface area (Å²) in [5.41, 5.74) is 5.74. The van der Waals surface area contributed by atoms with Gasteiger partial charge in [-0.1, -0.05) is 5.16 Å². The van der Waals surface area contributed by atoms with Crippen LogP contribution in [-0.2, 0) is 4.74 Å². The largest absolute Gasteiger partial charge is 0.383 e. The van der Waals surface area contributed by atoms with Gasteiger partial charge >= 0.3 is 0 Å². The van der Waals surface area contributed by atoms with Gasteiger partial charge in [-0.05, 0) is 12.8 Å². The zero-order valence-corrected chi connectivity index (χ0v) is 10.2. The van der Waals surface area contributed by atoms with E-state index in [1.165, 1.54) is 7.11 Å². The Morgan fingerprint density at radius 2 is 2.39 bits per heavy atom. The minimum Gasteiger partial charge on any atom is -0.383 e. The molecule has 2 rings (SSSR count). The lowest BCUT2D eigenvalue weighted by Gasteiger charge is -2.26. The second-order valence-corrected chi connectivity index (χ2v) is 4.70. The second kappa shape index (κ2) is 5.27. The van der Waals surface area contributed by atoms with Gasteiger partial charge in [0.25, 0.3) is 0 Å². The third-order valence-corrected chi connectivity index (χ3v) is 3.12. The maximum Gasteiger partial charge on any atom is 0.248 e. The SMILES string of the molecule is COCC(N)c1noc(C2CCCC(F)(F)C2)n1. The van der Waals surface area contributed by atoms with Crippen molar-refractivity contribution in [2.24, 2.45) is 5.73 Å². The van der Waals surface area contributed by atoms with Crippen LogP contribution in [0.4, 0.5) is 8.78 Å². The molecule has 1 aromatic rings. The van der Waals surface area contributed by atoms with E-state index in [9.17, 15) is 8.78 Å². The normalized spacial score (nSPS) is 25.0. The van der Waals surface area contributed by atoms with Crippen molar-refractivity contribution in [3.63, 3.8) is 0 Å². The molecule has 1 fully saturated rings. The molecule has 1 aliphatic carbocycles. The molecular formula is C11H17F2N3O2. The van der Waals surface area contributed by atoms with Gasteiger partial charge in [-0.25, -0.2) is 8.78 Å². The quantitative estimate of drug-likeness (QED) is 0.897. The Morgan fingerprint density at radius 3 is 3.06 bits per heavy atom. The van der Waals surface area contributed by atoms with Gasteiger partial charge in [-0.3, -0.25) is 0 Å². The van der Waals surface area contributed by atoms with Crippen LogP contribution in [0.25, 0.3) is 0 Å². The van der Waals surface area contributed by atoms with Crippen LogP contribution in [0.15, 0.2) is 4.52 Å². The minimum atomic E-state index is -2.63. The monoisotopic (exact) mass is 261 g/mol. The van der Waals surface area contributed by atoms with Crippen LogP contribution in [0.1, 0.15) is 49.4 Å². The third-order valence-electron chi connectivity index (χ3n) is 3.12. The van der Waals surface area contributed by atoms with E-state index in [1.54, 1.807) is 0 Å². The highest BCUT2D eigenvalue weighted by molar-refractivity contribution is 5.00. The first-order valence-electron chi connectivity index (χ1n) is 5.97. The molecule has 7 heteroatoms. The Hall–Kier alpha value is -1.08. The molecule has 1 aliphatic rings. The fraction of sp³-hybridized carbons (Fsp3) is 0.818. The summed E-state index contributed by atoms with van der Waals surface area (Å²) in [5, 5.41) is 3.72. The van der Waals surface area contributed by atoms with Crippen molar-refractivity contribution >= 4 is 0 Å². The summed E-state index contributed by atoms with van der Waals surface area (Å²) in [6, 6.07) is -0.489. The number of halogens is 2. The molecule has 1 saturated carbocycles. The molecule has 2 unspecified atom stereocenters. The Balaban J connectivity index is 2.05. The fourth-order valence-corrected chi connectivity index (χ4v) is 2.20. The van der Waals surface area contributed by atoms with Gasteiger partial charge in [0.15, 0.2) is 5.82 Å². The number of hydrogen-bond acceptors (Lipinski definition) is 5. The number of nitrogens with zero attached hydrogens (tertiary/aromatic N) is 2. The number of methoxy groups -OCH3 is 1. The molecule has 0 radical (unpaired) electrons. The Bertz CT molecular complexity index is 397. The highest BCUT2D eigenvalue weighted by Crippen LogP contribution is 2.41. The highest BCUT2D eigenvalue weighted by atomic mass is 19.3. The molecule has 102 valence electrons. The van der Waals surface area contributed by atoms with Crippen molar-refractivity contribution in [1.82, 2.24) is 10.1 Å². The van der Waals surface area contributed by atoms with E-state index in [1.807, 2.05) is 0 Å². The van der Waals surface area contributed by atoms with Crippen LogP contribution in [0, 0.1) is 0 Å².